The van der Waals surface area contributed by atoms with Gasteiger partial charge in [0.15, 0.2) is 11.5 Å². The van der Waals surface area contributed by atoms with E-state index in [1.807, 2.05) is 6.07 Å². The molecule has 27 heavy (non-hydrogen) atoms. The number of nitrogens with zero attached hydrogens (tertiary/aromatic N) is 2. The number of hydrogen-bond acceptors (Lipinski definition) is 4. The van der Waals surface area contributed by atoms with Crippen LogP contribution in [0.1, 0.15) is 51.0 Å². The van der Waals surface area contributed by atoms with Crippen LogP contribution in [-0.2, 0) is 4.79 Å². The quantitative estimate of drug-likeness (QED) is 0.816. The summed E-state index contributed by atoms with van der Waals surface area (Å²) in [6.07, 6.45) is 4.14. The average molecular weight is 370 g/mol. The topological polar surface area (TPSA) is 42.0 Å². The number of rotatable bonds is 4. The SMILES string of the molecule is CC(C)CCC(=O)N1C[C@H](c2ccc3c(c2)OCO3)[C@H]2[C@@H]1C1CCN2CC1. The van der Waals surface area contributed by atoms with E-state index < -0.39 is 0 Å². The Balaban J connectivity index is 1.44. The van der Waals surface area contributed by atoms with Crippen LogP contribution in [0.2, 0.25) is 0 Å². The first-order chi connectivity index (χ1) is 13.1. The summed E-state index contributed by atoms with van der Waals surface area (Å²) >= 11 is 0. The second-order valence-electron chi connectivity index (χ2n) is 9.05. The minimum atomic E-state index is 0.309. The maximum atomic E-state index is 13.1. The smallest absolute Gasteiger partial charge is 0.231 e. The monoisotopic (exact) mass is 370 g/mol. The fourth-order valence-electron chi connectivity index (χ4n) is 5.70. The highest BCUT2D eigenvalue weighted by molar-refractivity contribution is 5.77. The molecule has 0 unspecified atom stereocenters. The molecule has 5 heterocycles. The van der Waals surface area contributed by atoms with E-state index in [1.165, 1.54) is 31.5 Å². The molecule has 4 saturated heterocycles. The van der Waals surface area contributed by atoms with Crippen LogP contribution in [0, 0.1) is 11.8 Å². The number of benzene rings is 1. The summed E-state index contributed by atoms with van der Waals surface area (Å²) < 4.78 is 11.1. The molecule has 5 nitrogen and oxygen atoms in total. The van der Waals surface area contributed by atoms with Crippen LogP contribution >= 0.6 is 0 Å². The molecule has 3 atom stereocenters. The molecule has 0 spiro atoms. The molecule has 0 saturated carbocycles. The van der Waals surface area contributed by atoms with Gasteiger partial charge < -0.3 is 14.4 Å². The zero-order valence-corrected chi connectivity index (χ0v) is 16.4. The van der Waals surface area contributed by atoms with Crippen molar-refractivity contribution in [1.82, 2.24) is 9.80 Å². The second kappa shape index (κ2) is 6.69. The summed E-state index contributed by atoms with van der Waals surface area (Å²) in [6, 6.07) is 7.21. The fraction of sp³-hybridized carbons (Fsp3) is 0.682. The van der Waals surface area contributed by atoms with Crippen molar-refractivity contribution in [3.05, 3.63) is 23.8 Å². The molecule has 0 N–H and O–H groups in total. The summed E-state index contributed by atoms with van der Waals surface area (Å²) in [5.74, 6) is 3.66. The molecule has 2 bridgehead atoms. The number of amides is 1. The first-order valence-electron chi connectivity index (χ1n) is 10.5. The Morgan fingerprint density at radius 2 is 1.93 bits per heavy atom. The molecule has 6 rings (SSSR count). The highest BCUT2D eigenvalue weighted by atomic mass is 16.7. The van der Waals surface area contributed by atoms with Crippen molar-refractivity contribution in [3.8, 4) is 11.5 Å². The third kappa shape index (κ3) is 2.91. The normalized spacial score (nSPS) is 33.6. The first kappa shape index (κ1) is 17.4. The Bertz CT molecular complexity index is 726. The first-order valence-corrected chi connectivity index (χ1v) is 10.5. The number of likely N-dealkylation sites (tertiary alicyclic amines) is 1. The Labute approximate surface area is 161 Å². The van der Waals surface area contributed by atoms with Gasteiger partial charge in [-0.1, -0.05) is 19.9 Å². The summed E-state index contributed by atoms with van der Waals surface area (Å²) in [5, 5.41) is 0. The van der Waals surface area contributed by atoms with Crippen LogP contribution in [0.5, 0.6) is 11.5 Å². The molecule has 4 fully saturated rings. The van der Waals surface area contributed by atoms with E-state index in [4.69, 9.17) is 9.47 Å². The maximum Gasteiger partial charge on any atom is 0.231 e. The van der Waals surface area contributed by atoms with E-state index in [0.717, 1.165) is 24.5 Å². The lowest BCUT2D eigenvalue weighted by molar-refractivity contribution is -0.136. The van der Waals surface area contributed by atoms with Gasteiger partial charge in [-0.05, 0) is 61.9 Å². The van der Waals surface area contributed by atoms with Gasteiger partial charge in [0.2, 0.25) is 12.7 Å². The van der Waals surface area contributed by atoms with E-state index >= 15 is 0 Å². The van der Waals surface area contributed by atoms with Crippen molar-refractivity contribution in [2.45, 2.75) is 57.5 Å². The lowest BCUT2D eigenvalue weighted by atomic mass is 9.75. The number of piperidine rings is 3. The van der Waals surface area contributed by atoms with Gasteiger partial charge in [-0.15, -0.1) is 0 Å². The number of fused-ring (bicyclic) bond motifs is 3. The molecule has 0 aliphatic carbocycles. The number of hydrogen-bond donors (Lipinski definition) is 0. The van der Waals surface area contributed by atoms with Gasteiger partial charge in [0.05, 0.1) is 6.04 Å². The third-order valence-corrected chi connectivity index (χ3v) is 7.07. The van der Waals surface area contributed by atoms with Crippen molar-refractivity contribution in [2.24, 2.45) is 11.8 Å². The molecular formula is C22H30N2O3. The van der Waals surface area contributed by atoms with Gasteiger partial charge in [-0.25, -0.2) is 0 Å². The number of ether oxygens (including phenoxy) is 2. The van der Waals surface area contributed by atoms with Crippen LogP contribution in [0.15, 0.2) is 18.2 Å². The predicted molar refractivity (Wildman–Crippen MR) is 103 cm³/mol. The highest BCUT2D eigenvalue weighted by Crippen LogP contribution is 2.48. The van der Waals surface area contributed by atoms with Crippen LogP contribution in [0.4, 0.5) is 0 Å². The van der Waals surface area contributed by atoms with E-state index in [1.54, 1.807) is 0 Å². The van der Waals surface area contributed by atoms with Gasteiger partial charge in [0.1, 0.15) is 0 Å². The fourth-order valence-corrected chi connectivity index (χ4v) is 5.70. The average Bonchev–Trinajstić information content (AvgIpc) is 3.32. The second-order valence-corrected chi connectivity index (χ2v) is 9.05. The molecule has 5 aliphatic rings. The Kier molecular flexibility index (Phi) is 4.30. The largest absolute Gasteiger partial charge is 0.454 e. The summed E-state index contributed by atoms with van der Waals surface area (Å²) in [6.45, 7) is 7.91. The van der Waals surface area contributed by atoms with E-state index in [-0.39, 0.29) is 0 Å². The zero-order valence-electron chi connectivity index (χ0n) is 16.4. The number of carbonyl (C=O) groups excluding carboxylic acids is 1. The highest BCUT2D eigenvalue weighted by Gasteiger charge is 2.54. The minimum Gasteiger partial charge on any atom is -0.454 e. The van der Waals surface area contributed by atoms with Gasteiger partial charge in [-0.3, -0.25) is 9.69 Å². The Hall–Kier alpha value is -1.75. The Morgan fingerprint density at radius 1 is 1.15 bits per heavy atom. The van der Waals surface area contributed by atoms with Gasteiger partial charge in [0, 0.05) is 24.9 Å². The van der Waals surface area contributed by atoms with E-state index in [9.17, 15) is 4.79 Å². The maximum absolute atomic E-state index is 13.1. The van der Waals surface area contributed by atoms with Crippen LogP contribution < -0.4 is 9.47 Å². The van der Waals surface area contributed by atoms with E-state index in [0.29, 0.717) is 49.0 Å². The van der Waals surface area contributed by atoms with Gasteiger partial charge in [-0.2, -0.15) is 0 Å². The van der Waals surface area contributed by atoms with Crippen molar-refractivity contribution in [2.75, 3.05) is 26.4 Å². The summed E-state index contributed by atoms with van der Waals surface area (Å²) in [4.78, 5) is 18.0. The molecular weight excluding hydrogens is 340 g/mol. The number of carbonyl (C=O) groups is 1. The molecule has 5 aliphatic heterocycles. The molecule has 0 aromatic heterocycles. The molecule has 1 aromatic carbocycles. The summed E-state index contributed by atoms with van der Waals surface area (Å²) in [7, 11) is 0. The third-order valence-electron chi connectivity index (χ3n) is 7.07. The lowest BCUT2D eigenvalue weighted by Gasteiger charge is -2.51. The van der Waals surface area contributed by atoms with Crippen LogP contribution in [0.25, 0.3) is 0 Å². The van der Waals surface area contributed by atoms with Crippen molar-refractivity contribution < 1.29 is 14.3 Å². The van der Waals surface area contributed by atoms with E-state index in [2.05, 4.69) is 35.8 Å². The van der Waals surface area contributed by atoms with Crippen LogP contribution in [0.3, 0.4) is 0 Å². The summed E-state index contributed by atoms with van der Waals surface area (Å²) in [5.41, 5.74) is 1.29. The molecule has 1 amide bonds. The zero-order chi connectivity index (χ0) is 18.5. The lowest BCUT2D eigenvalue weighted by Crippen LogP contribution is -2.60. The molecule has 1 aromatic rings. The standard InChI is InChI=1S/C22H30N2O3/c1-14(2)3-6-20(25)24-12-17(16-4-5-18-19(11-16)27-13-26-18)22-21(24)15-7-9-23(22)10-8-15/h4-5,11,14-15,17,21-22H,3,6-10,12-13H2,1-2H3/t17-,21+,22+/m1/s1. The Morgan fingerprint density at radius 3 is 2.70 bits per heavy atom. The van der Waals surface area contributed by atoms with Crippen molar-refractivity contribution in [3.63, 3.8) is 0 Å². The van der Waals surface area contributed by atoms with Crippen molar-refractivity contribution in [1.29, 1.82) is 0 Å². The van der Waals surface area contributed by atoms with Gasteiger partial charge >= 0.3 is 0 Å². The molecule has 0 radical (unpaired) electrons. The molecule has 146 valence electrons. The van der Waals surface area contributed by atoms with Crippen LogP contribution in [-0.4, -0.2) is 54.2 Å². The van der Waals surface area contributed by atoms with Gasteiger partial charge in [0.25, 0.3) is 0 Å². The van der Waals surface area contributed by atoms with Crippen molar-refractivity contribution >= 4 is 5.91 Å². The minimum absolute atomic E-state index is 0.309. The molecule has 5 heteroatoms. The predicted octanol–water partition coefficient (Wildman–Crippen LogP) is 3.24.